The number of ether oxygens (including phenoxy) is 1. The van der Waals surface area contributed by atoms with Crippen LogP contribution in [0.15, 0.2) is 17.1 Å². The molecule has 2 heterocycles. The van der Waals surface area contributed by atoms with E-state index in [9.17, 15) is 9.59 Å². The SMILES string of the molecule is CCCCC.CCCNC(=O)/C=C/c1cn(C2CCC(CO)O2)c(=O)nc1N. The summed E-state index contributed by atoms with van der Waals surface area (Å²) in [6.07, 6.45) is 9.84. The van der Waals surface area contributed by atoms with Gasteiger partial charge in [0.2, 0.25) is 5.91 Å². The number of aliphatic hydroxyl groups is 1. The number of aromatic nitrogens is 2. The van der Waals surface area contributed by atoms with E-state index in [0.717, 1.165) is 6.42 Å². The van der Waals surface area contributed by atoms with Gasteiger partial charge in [0.25, 0.3) is 0 Å². The summed E-state index contributed by atoms with van der Waals surface area (Å²) in [5, 5.41) is 11.8. The molecule has 0 spiro atoms. The van der Waals surface area contributed by atoms with Crippen molar-refractivity contribution in [2.75, 3.05) is 18.9 Å². The summed E-state index contributed by atoms with van der Waals surface area (Å²) < 4.78 is 6.92. The highest BCUT2D eigenvalue weighted by Crippen LogP contribution is 2.27. The first-order chi connectivity index (χ1) is 13.5. The number of nitrogens with two attached hydrogens (primary N) is 1. The van der Waals surface area contributed by atoms with E-state index in [-0.39, 0.29) is 24.4 Å². The molecule has 1 aliphatic rings. The van der Waals surface area contributed by atoms with Gasteiger partial charge in [0.1, 0.15) is 12.0 Å². The van der Waals surface area contributed by atoms with Gasteiger partial charge in [-0.05, 0) is 25.3 Å². The van der Waals surface area contributed by atoms with Crippen molar-refractivity contribution in [3.05, 3.63) is 28.3 Å². The van der Waals surface area contributed by atoms with Gasteiger partial charge in [-0.2, -0.15) is 4.98 Å². The molecule has 1 aromatic heterocycles. The molecule has 1 amide bonds. The number of hydrogen-bond acceptors (Lipinski definition) is 6. The molecule has 0 saturated carbocycles. The Labute approximate surface area is 166 Å². The minimum atomic E-state index is -0.515. The molecular weight excluding hydrogens is 360 g/mol. The standard InChI is InChI=1S/C15H22N4O4.C5H12/c1-2-7-17-12(21)5-3-10-8-19(15(22)18-14(10)16)13-6-4-11(9-20)23-13;1-3-5-4-2/h3,5,8,11,13,20H,2,4,6-7,9H2,1H3,(H,17,21)(H2,16,18,22);3-5H2,1-2H3/b5-3+;. The molecule has 8 heteroatoms. The summed E-state index contributed by atoms with van der Waals surface area (Å²) in [5.74, 6) is -0.177. The fourth-order valence-corrected chi connectivity index (χ4v) is 2.68. The van der Waals surface area contributed by atoms with E-state index in [1.807, 2.05) is 6.92 Å². The van der Waals surface area contributed by atoms with Gasteiger partial charge in [-0.1, -0.05) is 40.0 Å². The Morgan fingerprint density at radius 3 is 2.61 bits per heavy atom. The summed E-state index contributed by atoms with van der Waals surface area (Å²) >= 11 is 0. The maximum Gasteiger partial charge on any atom is 0.351 e. The Hall–Kier alpha value is -2.19. The van der Waals surface area contributed by atoms with Crippen LogP contribution in [0.5, 0.6) is 0 Å². The first-order valence-corrected chi connectivity index (χ1v) is 10.1. The molecular formula is C20H34N4O4. The van der Waals surface area contributed by atoms with E-state index < -0.39 is 11.9 Å². The number of anilines is 1. The summed E-state index contributed by atoms with van der Waals surface area (Å²) in [4.78, 5) is 27.3. The third kappa shape index (κ3) is 7.82. The monoisotopic (exact) mass is 394 g/mol. The second-order valence-electron chi connectivity index (χ2n) is 6.72. The number of carbonyl (C=O) groups is 1. The number of hydrogen-bond donors (Lipinski definition) is 3. The molecule has 158 valence electrons. The van der Waals surface area contributed by atoms with E-state index in [4.69, 9.17) is 15.6 Å². The third-order valence-corrected chi connectivity index (χ3v) is 4.28. The van der Waals surface area contributed by atoms with Gasteiger partial charge < -0.3 is 20.9 Å². The van der Waals surface area contributed by atoms with Crippen LogP contribution in [0, 0.1) is 0 Å². The topological polar surface area (TPSA) is 119 Å². The van der Waals surface area contributed by atoms with E-state index in [2.05, 4.69) is 24.1 Å². The van der Waals surface area contributed by atoms with Crippen LogP contribution in [-0.4, -0.2) is 39.8 Å². The number of rotatable bonds is 8. The lowest BCUT2D eigenvalue weighted by Gasteiger charge is -2.15. The molecule has 0 aromatic carbocycles. The number of carbonyl (C=O) groups excluding carboxylic acids is 1. The second-order valence-corrected chi connectivity index (χ2v) is 6.72. The Balaban J connectivity index is 0.000000696. The lowest BCUT2D eigenvalue weighted by Crippen LogP contribution is -2.28. The average molecular weight is 395 g/mol. The van der Waals surface area contributed by atoms with Crippen LogP contribution >= 0.6 is 0 Å². The molecule has 1 aromatic rings. The number of nitrogen functional groups attached to an aromatic ring is 1. The molecule has 1 fully saturated rings. The van der Waals surface area contributed by atoms with Gasteiger partial charge in [0.05, 0.1) is 12.7 Å². The van der Waals surface area contributed by atoms with Crippen molar-refractivity contribution < 1.29 is 14.6 Å². The van der Waals surface area contributed by atoms with Crippen LogP contribution in [0.3, 0.4) is 0 Å². The lowest BCUT2D eigenvalue weighted by atomic mass is 10.2. The van der Waals surface area contributed by atoms with Crippen molar-refractivity contribution in [2.24, 2.45) is 0 Å². The molecule has 1 saturated heterocycles. The number of unbranched alkanes of at least 4 members (excludes halogenated alkanes) is 2. The third-order valence-electron chi connectivity index (χ3n) is 4.28. The van der Waals surface area contributed by atoms with Crippen LogP contribution in [0.4, 0.5) is 5.82 Å². The second kappa shape index (κ2) is 13.1. The predicted molar refractivity (Wildman–Crippen MR) is 111 cm³/mol. The highest BCUT2D eigenvalue weighted by molar-refractivity contribution is 5.92. The van der Waals surface area contributed by atoms with Gasteiger partial charge in [-0.3, -0.25) is 9.36 Å². The molecule has 28 heavy (non-hydrogen) atoms. The Bertz CT molecular complexity index is 685. The maximum absolute atomic E-state index is 12.0. The Morgan fingerprint density at radius 2 is 2.07 bits per heavy atom. The summed E-state index contributed by atoms with van der Waals surface area (Å²) in [6, 6.07) is 0. The van der Waals surface area contributed by atoms with Crippen molar-refractivity contribution in [2.45, 2.75) is 71.6 Å². The number of aliphatic hydroxyl groups excluding tert-OH is 1. The number of nitrogens with zero attached hydrogens (tertiary/aromatic N) is 2. The minimum absolute atomic E-state index is 0.0579. The van der Waals surface area contributed by atoms with Crippen LogP contribution in [0.2, 0.25) is 0 Å². The van der Waals surface area contributed by atoms with Crippen LogP contribution in [0.1, 0.15) is 71.1 Å². The highest BCUT2D eigenvalue weighted by Gasteiger charge is 2.27. The van der Waals surface area contributed by atoms with E-state index >= 15 is 0 Å². The first-order valence-electron chi connectivity index (χ1n) is 10.1. The molecule has 0 aliphatic carbocycles. The quantitative estimate of drug-likeness (QED) is 0.582. The van der Waals surface area contributed by atoms with Crippen molar-refractivity contribution in [1.29, 1.82) is 0 Å². The Kier molecular flexibility index (Phi) is 11.1. The van der Waals surface area contributed by atoms with Gasteiger partial charge in [-0.25, -0.2) is 4.79 Å². The highest BCUT2D eigenvalue weighted by atomic mass is 16.5. The molecule has 2 unspecified atom stereocenters. The molecule has 1 aliphatic heterocycles. The van der Waals surface area contributed by atoms with Gasteiger partial charge in [0, 0.05) is 24.4 Å². The van der Waals surface area contributed by atoms with Crippen molar-refractivity contribution in [3.8, 4) is 0 Å². The zero-order valence-electron chi connectivity index (χ0n) is 17.2. The summed E-state index contributed by atoms with van der Waals surface area (Å²) in [7, 11) is 0. The predicted octanol–water partition coefficient (Wildman–Crippen LogP) is 2.23. The van der Waals surface area contributed by atoms with E-state index in [1.165, 1.54) is 42.2 Å². The molecule has 2 atom stereocenters. The normalized spacial score (nSPS) is 18.7. The summed E-state index contributed by atoms with van der Waals surface area (Å²) in [6.45, 7) is 6.89. The zero-order valence-corrected chi connectivity index (χ0v) is 17.2. The Morgan fingerprint density at radius 1 is 1.36 bits per heavy atom. The smallest absolute Gasteiger partial charge is 0.351 e. The molecule has 0 bridgehead atoms. The average Bonchev–Trinajstić information content (AvgIpc) is 3.15. The van der Waals surface area contributed by atoms with Crippen LogP contribution < -0.4 is 16.7 Å². The lowest BCUT2D eigenvalue weighted by molar-refractivity contribution is -0.116. The molecule has 8 nitrogen and oxygen atoms in total. The first kappa shape index (κ1) is 23.8. The van der Waals surface area contributed by atoms with Crippen LogP contribution in [-0.2, 0) is 9.53 Å². The van der Waals surface area contributed by atoms with Crippen molar-refractivity contribution in [3.63, 3.8) is 0 Å². The fraction of sp³-hybridized carbons (Fsp3) is 0.650. The molecule has 2 rings (SSSR count). The van der Waals surface area contributed by atoms with Crippen molar-refractivity contribution >= 4 is 17.8 Å². The number of amides is 1. The zero-order chi connectivity index (χ0) is 20.9. The summed E-state index contributed by atoms with van der Waals surface area (Å²) in [5.41, 5.74) is 5.69. The number of nitrogens with one attached hydrogen (secondary N) is 1. The minimum Gasteiger partial charge on any atom is -0.394 e. The van der Waals surface area contributed by atoms with E-state index in [0.29, 0.717) is 24.9 Å². The van der Waals surface area contributed by atoms with Crippen LogP contribution in [0.25, 0.3) is 6.08 Å². The van der Waals surface area contributed by atoms with Gasteiger partial charge in [0.15, 0.2) is 0 Å². The van der Waals surface area contributed by atoms with Crippen molar-refractivity contribution in [1.82, 2.24) is 14.9 Å². The molecule has 0 radical (unpaired) electrons. The molecule has 4 N–H and O–H groups in total. The maximum atomic E-state index is 12.0. The van der Waals surface area contributed by atoms with Gasteiger partial charge >= 0.3 is 5.69 Å². The fourth-order valence-electron chi connectivity index (χ4n) is 2.68. The van der Waals surface area contributed by atoms with Gasteiger partial charge in [-0.15, -0.1) is 0 Å². The van der Waals surface area contributed by atoms with E-state index in [1.54, 1.807) is 0 Å². The largest absolute Gasteiger partial charge is 0.394 e.